The SMILES string of the molecule is CCOC(=O)N[C@@H]1CC[C@@H]2[C@H](Cc3[nH]ncc3[C@H]2/C=C/c2ccc(-c3cccc(F)c3)cn2)C1.CCOC(=O)N[C@@H]1CC[C@@H]2[C@H](Cc3cn[nH]c3[C@H]2/C=C/c2ccc(-c3cccc(F)c3)cn2)C1.CCOC(=O)N[C@@H]1CC[C@@H]2[C@H](Cc3ncoc3[C@H]2/C=C/c2ccc(-c3cccc(F)c3)cn2)C1.CCOC(=O)N[C@@H]1CC[C@@H]2[C@H](Cc3ocnc3[C@H]2/C=C/c2ccc(-c3cccc(F)c3)cn2)C1. The fourth-order valence-electron chi connectivity index (χ4n) is 21.8. The monoisotopic (exact) mass is 1840 g/mol. The molecule has 8 aliphatic carbocycles. The Morgan fingerprint density at radius 1 is 0.375 bits per heavy atom. The Labute approximate surface area is 788 Å². The molecule has 0 spiro atoms. The van der Waals surface area contributed by atoms with Gasteiger partial charge in [0.1, 0.15) is 34.8 Å². The molecule has 4 aromatic carbocycles. The Hall–Kier alpha value is -13.9. The highest BCUT2D eigenvalue weighted by atomic mass is 19.1. The van der Waals surface area contributed by atoms with Gasteiger partial charge in [-0.2, -0.15) is 10.2 Å². The normalized spacial score (nSPS) is 23.8. The van der Waals surface area contributed by atoms with E-state index in [-0.39, 0.29) is 95.5 Å². The summed E-state index contributed by atoms with van der Waals surface area (Å²) in [7, 11) is 0. The number of aromatic amines is 2. The molecule has 16 atom stereocenters. The predicted octanol–water partition coefficient (Wildman–Crippen LogP) is 22.5. The molecule has 6 N–H and O–H groups in total. The number of allylic oxidation sites excluding steroid dienone is 4. The summed E-state index contributed by atoms with van der Waals surface area (Å²) in [5.41, 5.74) is 17.0. The second-order valence-corrected chi connectivity index (χ2v) is 36.4. The number of carbonyl (C=O) groups is 4. The Kier molecular flexibility index (Phi) is 30.7. The zero-order chi connectivity index (χ0) is 94.0. The summed E-state index contributed by atoms with van der Waals surface area (Å²) in [4.78, 5) is 74.9. The molecular weight excluding hydrogens is 1730 g/mol. The average Bonchev–Trinajstić information content (AvgIpc) is 1.55. The summed E-state index contributed by atoms with van der Waals surface area (Å²) in [5, 5.41) is 27.1. The highest BCUT2D eigenvalue weighted by molar-refractivity contribution is 5.71. The van der Waals surface area contributed by atoms with Crippen LogP contribution in [0.5, 0.6) is 0 Å². The van der Waals surface area contributed by atoms with Crippen LogP contribution in [0.4, 0.5) is 36.7 Å². The van der Waals surface area contributed by atoms with E-state index < -0.39 is 0 Å². The molecule has 0 unspecified atom stereocenters. The van der Waals surface area contributed by atoms with Gasteiger partial charge in [-0.25, -0.2) is 46.7 Å². The summed E-state index contributed by atoms with van der Waals surface area (Å²) < 4.78 is 86.0. The molecule has 136 heavy (non-hydrogen) atoms. The second-order valence-electron chi connectivity index (χ2n) is 36.4. The fourth-order valence-corrected chi connectivity index (χ4v) is 21.8. The third kappa shape index (κ3) is 23.3. The summed E-state index contributed by atoms with van der Waals surface area (Å²) in [5.74, 6) is 5.15. The number of H-pyrrole nitrogens is 2. The van der Waals surface area contributed by atoms with Crippen molar-refractivity contribution in [2.45, 2.75) is 178 Å². The number of rotatable bonds is 20. The maximum atomic E-state index is 13.5. The van der Waals surface area contributed by atoms with E-state index in [0.29, 0.717) is 73.8 Å². The lowest BCUT2D eigenvalue weighted by atomic mass is 9.64. The summed E-state index contributed by atoms with van der Waals surface area (Å²) in [6.07, 6.45) is 44.8. The fraction of sp³-hybridized carbons (Fsp3) is 0.370. The molecule has 12 aromatic rings. The van der Waals surface area contributed by atoms with E-state index in [1.165, 1.54) is 83.8 Å². The van der Waals surface area contributed by atoms with E-state index in [2.05, 4.69) is 108 Å². The van der Waals surface area contributed by atoms with Crippen LogP contribution >= 0.6 is 0 Å². The molecular formula is C108H114F4N14O10. The van der Waals surface area contributed by atoms with E-state index in [4.69, 9.17) is 27.8 Å². The van der Waals surface area contributed by atoms with Crippen molar-refractivity contribution in [2.24, 2.45) is 47.3 Å². The largest absolute Gasteiger partial charge is 0.450 e. The van der Waals surface area contributed by atoms with E-state index in [9.17, 15) is 36.7 Å². The summed E-state index contributed by atoms with van der Waals surface area (Å²) in [6.45, 7) is 8.76. The Balaban J connectivity index is 0.000000126. The minimum absolute atomic E-state index is 0.115. The van der Waals surface area contributed by atoms with Crippen molar-refractivity contribution < 1.29 is 64.5 Å². The number of nitrogens with one attached hydrogen (secondary N) is 6. The predicted molar refractivity (Wildman–Crippen MR) is 510 cm³/mol. The number of hydrogen-bond donors (Lipinski definition) is 6. The van der Waals surface area contributed by atoms with Crippen LogP contribution in [0.3, 0.4) is 0 Å². The zero-order valence-corrected chi connectivity index (χ0v) is 76.6. The molecule has 8 aliphatic rings. The van der Waals surface area contributed by atoms with Crippen LogP contribution in [0.15, 0.2) is 229 Å². The first kappa shape index (κ1) is 93.9. The first-order valence-corrected chi connectivity index (χ1v) is 47.6. The van der Waals surface area contributed by atoms with Crippen molar-refractivity contribution in [1.82, 2.24) is 71.6 Å². The molecule has 0 bridgehead atoms. The Morgan fingerprint density at radius 3 is 1.16 bits per heavy atom. The van der Waals surface area contributed by atoms with Crippen LogP contribution < -0.4 is 21.3 Å². The number of pyridine rings is 4. The highest BCUT2D eigenvalue weighted by Crippen LogP contribution is 2.52. The van der Waals surface area contributed by atoms with Gasteiger partial charge >= 0.3 is 24.4 Å². The van der Waals surface area contributed by atoms with E-state index in [0.717, 1.165) is 193 Å². The van der Waals surface area contributed by atoms with E-state index >= 15 is 0 Å². The minimum Gasteiger partial charge on any atom is -0.450 e. The molecule has 4 fully saturated rings. The van der Waals surface area contributed by atoms with Gasteiger partial charge in [0.05, 0.1) is 73.0 Å². The third-order valence-electron chi connectivity index (χ3n) is 28.1. The maximum absolute atomic E-state index is 13.5. The standard InChI is InChI=1S/2C27H29FN4O2.2C27H28FN3O3/c1-2-34-27(33)31-23-9-10-24-19(14-23)12-20-16-30-32-26(20)25(24)11-8-22-7-6-18(15-29-22)17-4-3-5-21(28)13-17;1-2-34-27(33)31-22-9-10-23-19(13-22)14-26-25(16-30-32-26)24(23)11-8-21-7-6-18(15-29-21)17-4-3-5-20(28)12-17;1-2-33-27(32)31-22-9-10-23-19(13-22)14-25-26(30-16-34-25)24(23)11-8-21-7-6-18(15-29-21)17-4-3-5-20(28)12-17;1-2-33-27(32)31-22-9-10-23-19(13-22)14-25-26(34-16-30-25)24(23)11-8-21-7-6-18(15-29-21)17-4-3-5-20(28)12-17/h3-8,11,13,15-16,19,23-25H,2,9-10,12,14H2,1H3,(H,30,32)(H,31,33);3-8,11-12,15-16,19,22-24H,2,9-10,13-14H2,1H3,(H,30,32)(H,31,33);2*3-8,11-12,15-16,19,22-24H,2,9-10,13-14H2,1H3,(H,31,32)/b4*11-8+/t19-,23-,24-,25+;3*19-,22+,23+,24-/m1000/s1. The van der Waals surface area contributed by atoms with E-state index in [1.54, 1.807) is 49.1 Å². The number of oxazole rings is 2. The summed E-state index contributed by atoms with van der Waals surface area (Å²) >= 11 is 0. The number of fused-ring (bicyclic) bond motifs is 8. The van der Waals surface area contributed by atoms with Crippen LogP contribution in [0.1, 0.15) is 197 Å². The molecule has 8 heterocycles. The Morgan fingerprint density at radius 2 is 0.743 bits per heavy atom. The van der Waals surface area contributed by atoms with Crippen LogP contribution in [-0.4, -0.2) is 125 Å². The number of nitrogens with zero attached hydrogens (tertiary/aromatic N) is 8. The number of ether oxygens (including phenoxy) is 4. The number of halogens is 4. The summed E-state index contributed by atoms with van der Waals surface area (Å²) in [6, 6.07) is 42.3. The number of alkyl carbamates (subject to hydrolysis) is 4. The molecule has 28 heteroatoms. The van der Waals surface area contributed by atoms with Crippen molar-refractivity contribution in [3.8, 4) is 44.5 Å². The molecule has 0 aliphatic heterocycles. The van der Waals surface area contributed by atoms with Crippen molar-refractivity contribution in [2.75, 3.05) is 26.4 Å². The van der Waals surface area contributed by atoms with Crippen molar-refractivity contribution in [1.29, 1.82) is 0 Å². The number of hydrogen-bond acceptors (Lipinski definition) is 18. The average molecular weight is 1840 g/mol. The maximum Gasteiger partial charge on any atom is 0.407 e. The molecule has 0 saturated heterocycles. The molecule has 4 saturated carbocycles. The van der Waals surface area contributed by atoms with Gasteiger partial charge in [-0.3, -0.25) is 30.1 Å². The number of amides is 4. The lowest BCUT2D eigenvalue weighted by Gasteiger charge is -2.42. The van der Waals surface area contributed by atoms with Gasteiger partial charge in [0.2, 0.25) is 0 Å². The molecule has 8 aromatic heterocycles. The molecule has 24 nitrogen and oxygen atoms in total. The van der Waals surface area contributed by atoms with Crippen LogP contribution in [0, 0.1) is 70.6 Å². The van der Waals surface area contributed by atoms with Crippen molar-refractivity contribution >= 4 is 48.7 Å². The highest BCUT2D eigenvalue weighted by Gasteiger charge is 2.46. The smallest absolute Gasteiger partial charge is 0.407 e. The lowest BCUT2D eigenvalue weighted by Crippen LogP contribution is -2.44. The lowest BCUT2D eigenvalue weighted by molar-refractivity contribution is 0.125. The third-order valence-corrected chi connectivity index (χ3v) is 28.1. The van der Waals surface area contributed by atoms with E-state index in [1.807, 2.05) is 125 Å². The van der Waals surface area contributed by atoms with Gasteiger partial charge in [0, 0.05) is 118 Å². The van der Waals surface area contributed by atoms with Gasteiger partial charge in [0.25, 0.3) is 0 Å². The van der Waals surface area contributed by atoms with Gasteiger partial charge in [-0.1, -0.05) is 97.1 Å². The van der Waals surface area contributed by atoms with Gasteiger partial charge in [-0.15, -0.1) is 0 Å². The Bertz CT molecular complexity index is 5440. The number of benzene rings is 4. The second kappa shape index (κ2) is 44.5. The van der Waals surface area contributed by atoms with Crippen molar-refractivity contribution in [3.05, 3.63) is 311 Å². The van der Waals surface area contributed by atoms with Crippen LogP contribution in [0.2, 0.25) is 0 Å². The number of carbonyl (C=O) groups excluding carboxylic acids is 4. The van der Waals surface area contributed by atoms with Gasteiger partial charge < -0.3 is 49.0 Å². The molecule has 704 valence electrons. The first-order valence-electron chi connectivity index (χ1n) is 47.6. The zero-order valence-electron chi connectivity index (χ0n) is 76.6. The van der Waals surface area contributed by atoms with Crippen LogP contribution in [0.25, 0.3) is 68.8 Å². The first-order chi connectivity index (χ1) is 66.4. The molecule has 4 amide bonds. The van der Waals surface area contributed by atoms with Gasteiger partial charge in [0.15, 0.2) is 12.8 Å². The van der Waals surface area contributed by atoms with Gasteiger partial charge in [-0.05, 0) is 296 Å². The molecule has 0 radical (unpaired) electrons. The number of aromatic nitrogens is 10. The quantitative estimate of drug-likeness (QED) is 0.0305. The van der Waals surface area contributed by atoms with Crippen LogP contribution in [-0.2, 0) is 44.6 Å². The minimum atomic E-state index is -0.341. The topological polar surface area (TPSA) is 314 Å². The van der Waals surface area contributed by atoms with Crippen molar-refractivity contribution in [3.63, 3.8) is 0 Å². The molecule has 20 rings (SSSR count).